The Balaban J connectivity index is 0.817. The van der Waals surface area contributed by atoms with Gasteiger partial charge in [0.05, 0.1) is 10.8 Å². The third kappa shape index (κ3) is 9.87. The molecule has 2 aliphatic carbocycles. The number of rotatable bonds is 15. The fourth-order valence-corrected chi connectivity index (χ4v) is 15.9. The second-order valence-electron chi connectivity index (χ2n) is 25.9. The summed E-state index contributed by atoms with van der Waals surface area (Å²) >= 11 is 0. The van der Waals surface area contributed by atoms with E-state index in [1.165, 1.54) is 111 Å². The molecule has 2 aliphatic rings. The van der Waals surface area contributed by atoms with Gasteiger partial charge in [0.15, 0.2) is 0 Å². The van der Waals surface area contributed by atoms with Crippen LogP contribution in [0.3, 0.4) is 0 Å². The molecule has 0 aliphatic heterocycles. The highest BCUT2D eigenvalue weighted by atomic mass is 15.1. The fraction of sp³-hybridized carbons (Fsp3) is 0.0638. The van der Waals surface area contributed by atoms with Gasteiger partial charge in [0.2, 0.25) is 0 Å². The predicted octanol–water partition coefficient (Wildman–Crippen LogP) is 24.9. The maximum atomic E-state index is 4.13. The summed E-state index contributed by atoms with van der Waals surface area (Å²) in [6.07, 6.45) is 3.86. The van der Waals surface area contributed by atoms with Crippen molar-refractivity contribution in [2.75, 3.05) is 9.80 Å². The molecular formula is C94H72N2. The zero-order valence-corrected chi connectivity index (χ0v) is 54.6. The van der Waals surface area contributed by atoms with Crippen LogP contribution in [-0.2, 0) is 10.8 Å². The van der Waals surface area contributed by atoms with Gasteiger partial charge < -0.3 is 9.80 Å². The van der Waals surface area contributed by atoms with Gasteiger partial charge in [-0.15, -0.1) is 0 Å². The number of fused-ring (bicyclic) bond motifs is 6. The summed E-state index contributed by atoms with van der Waals surface area (Å²) in [6, 6.07) is 122. The molecule has 0 amide bonds. The molecule has 16 rings (SSSR count). The van der Waals surface area contributed by atoms with E-state index < -0.39 is 10.8 Å². The molecule has 0 heterocycles. The molecular weight excluding hydrogens is 1160 g/mol. The smallest absolute Gasteiger partial charge is 0.0716 e. The van der Waals surface area contributed by atoms with Gasteiger partial charge in [0.1, 0.15) is 0 Å². The average Bonchev–Trinajstić information content (AvgIpc) is 1.52. The van der Waals surface area contributed by atoms with E-state index in [4.69, 9.17) is 0 Å². The summed E-state index contributed by atoms with van der Waals surface area (Å²) in [7, 11) is 0. The van der Waals surface area contributed by atoms with Crippen LogP contribution in [0.4, 0.5) is 34.1 Å². The summed E-state index contributed by atoms with van der Waals surface area (Å²) < 4.78 is 0. The summed E-state index contributed by atoms with van der Waals surface area (Å²) in [5.41, 5.74) is 34.4. The van der Waals surface area contributed by atoms with Gasteiger partial charge in [0, 0.05) is 34.1 Å². The largest absolute Gasteiger partial charge is 0.310 e. The van der Waals surface area contributed by atoms with Gasteiger partial charge in [-0.05, 0) is 223 Å². The van der Waals surface area contributed by atoms with Crippen LogP contribution in [-0.4, -0.2) is 0 Å². The minimum atomic E-state index is -0.602. The molecule has 0 radical (unpaired) electrons. The Morgan fingerprint density at radius 3 is 0.854 bits per heavy atom. The van der Waals surface area contributed by atoms with Crippen molar-refractivity contribution in [1.29, 1.82) is 0 Å². The van der Waals surface area contributed by atoms with Gasteiger partial charge in [-0.25, -0.2) is 0 Å². The van der Waals surface area contributed by atoms with Gasteiger partial charge >= 0.3 is 0 Å². The Labute approximate surface area is 565 Å². The quantitative estimate of drug-likeness (QED) is 0.101. The molecule has 0 aromatic heterocycles. The van der Waals surface area contributed by atoms with E-state index in [1.807, 2.05) is 12.2 Å². The normalized spacial score (nSPS) is 14.8. The topological polar surface area (TPSA) is 6.48 Å². The van der Waals surface area contributed by atoms with Crippen LogP contribution in [0.5, 0.6) is 0 Å². The van der Waals surface area contributed by atoms with Gasteiger partial charge in [-0.2, -0.15) is 0 Å². The van der Waals surface area contributed by atoms with Gasteiger partial charge in [-0.3, -0.25) is 0 Å². The maximum absolute atomic E-state index is 4.13. The summed E-state index contributed by atoms with van der Waals surface area (Å²) in [5.74, 6) is 0. The van der Waals surface area contributed by atoms with Crippen LogP contribution in [0, 0.1) is 27.7 Å². The van der Waals surface area contributed by atoms with Crippen molar-refractivity contribution in [1.82, 2.24) is 0 Å². The number of aryl methyl sites for hydroxylation is 4. The number of benzene rings is 14. The molecule has 0 saturated heterocycles. The zero-order valence-electron chi connectivity index (χ0n) is 54.6. The summed E-state index contributed by atoms with van der Waals surface area (Å²) in [5, 5.41) is 0. The van der Waals surface area contributed by atoms with Gasteiger partial charge in [-0.1, -0.05) is 291 Å². The molecule has 0 N–H and O–H groups in total. The van der Waals surface area contributed by atoms with Crippen LogP contribution in [0.15, 0.2) is 341 Å². The molecule has 0 fully saturated rings. The molecule has 2 nitrogen and oxygen atoms in total. The van der Waals surface area contributed by atoms with Crippen molar-refractivity contribution in [3.05, 3.63) is 419 Å². The monoisotopic (exact) mass is 1230 g/mol. The van der Waals surface area contributed by atoms with Crippen LogP contribution < -0.4 is 9.80 Å². The van der Waals surface area contributed by atoms with E-state index in [9.17, 15) is 0 Å². The lowest BCUT2D eigenvalue weighted by molar-refractivity contribution is 0.760. The molecule has 14 aromatic carbocycles. The molecule has 0 bridgehead atoms. The van der Waals surface area contributed by atoms with Crippen LogP contribution in [0.2, 0.25) is 0 Å². The summed E-state index contributed by atoms with van der Waals surface area (Å²) in [6.45, 7) is 17.2. The summed E-state index contributed by atoms with van der Waals surface area (Å²) in [4.78, 5) is 4.86. The lowest BCUT2D eigenvalue weighted by atomic mass is 9.66. The van der Waals surface area contributed by atoms with Crippen molar-refractivity contribution < 1.29 is 0 Å². The maximum Gasteiger partial charge on any atom is 0.0716 e. The number of hydrogen-bond donors (Lipinski definition) is 0. The lowest BCUT2D eigenvalue weighted by Gasteiger charge is -2.36. The standard InChI is InChI=1S/C94H72N2/c1-7-67-29-41-75(42-30-67)93(87-57-27-63(3)59-65(87)5)89-25-17-15-23-83(89)85-55-53-81(61-91(85)93)95(77-45-33-71(34-46-77)69-19-11-9-12-20-69)79-49-37-73(38-50-79)74-39-51-80(52-40-74)96(78-47-35-72(36-48-78)70-21-13-10-14-22-70)82-54-56-86-84-24-16-18-26-90(84)94(92(86)62-82,76-43-31-68(8-2)32-44-76)88-58-28-64(4)60-66(88)6/h7-62H,1-2H2,3-6H3. The minimum absolute atomic E-state index is 0.602. The molecule has 0 saturated carbocycles. The van der Waals surface area contributed by atoms with E-state index >= 15 is 0 Å². The van der Waals surface area contributed by atoms with Crippen molar-refractivity contribution in [3.8, 4) is 55.6 Å². The second kappa shape index (κ2) is 24.2. The van der Waals surface area contributed by atoms with Crippen LogP contribution in [0.1, 0.15) is 77.9 Å². The number of hydrogen-bond acceptors (Lipinski definition) is 2. The highest BCUT2D eigenvalue weighted by molar-refractivity contribution is 5.93. The average molecular weight is 1230 g/mol. The van der Waals surface area contributed by atoms with Crippen molar-refractivity contribution in [2.45, 2.75) is 38.5 Å². The van der Waals surface area contributed by atoms with Crippen LogP contribution >= 0.6 is 0 Å². The van der Waals surface area contributed by atoms with Crippen molar-refractivity contribution in [2.24, 2.45) is 0 Å². The Morgan fingerprint density at radius 2 is 0.531 bits per heavy atom. The Hall–Kier alpha value is -11.8. The molecule has 0 spiro atoms. The first-order valence-electron chi connectivity index (χ1n) is 33.3. The van der Waals surface area contributed by atoms with Crippen molar-refractivity contribution >= 4 is 46.3 Å². The van der Waals surface area contributed by atoms with E-state index in [2.05, 4.69) is 378 Å². The Bertz CT molecular complexity index is 4920. The van der Waals surface area contributed by atoms with Gasteiger partial charge in [0.25, 0.3) is 0 Å². The van der Waals surface area contributed by atoms with E-state index in [1.54, 1.807) is 0 Å². The molecule has 96 heavy (non-hydrogen) atoms. The highest BCUT2D eigenvalue weighted by Gasteiger charge is 2.49. The first kappa shape index (κ1) is 59.2. The molecule has 2 atom stereocenters. The second-order valence-corrected chi connectivity index (χ2v) is 25.9. The van der Waals surface area contributed by atoms with E-state index in [0.29, 0.717) is 0 Å². The Kier molecular flexibility index (Phi) is 14.9. The van der Waals surface area contributed by atoms with Crippen LogP contribution in [0.25, 0.3) is 67.8 Å². The lowest BCUT2D eigenvalue weighted by Crippen LogP contribution is -2.30. The number of nitrogens with zero attached hydrogens (tertiary/aromatic N) is 2. The molecule has 14 aromatic rings. The molecule has 2 heteroatoms. The highest BCUT2D eigenvalue weighted by Crippen LogP contribution is 2.60. The van der Waals surface area contributed by atoms with E-state index in [0.717, 1.165) is 56.4 Å². The minimum Gasteiger partial charge on any atom is -0.310 e. The number of anilines is 6. The first-order chi connectivity index (χ1) is 47.1. The zero-order chi connectivity index (χ0) is 65.1. The Morgan fingerprint density at radius 1 is 0.240 bits per heavy atom. The SMILES string of the molecule is C=Cc1ccc(C2(c3ccc(C)cc3C)c3ccccc3-c3ccc(N(c4ccc(-c5ccccc5)cc4)c4ccc(-c5ccc(N(c6ccc(-c7ccccc7)cc6)c6ccc7c(c6)C(c6ccc(C=C)cc6)(c6ccc(C)cc6C)c6ccccc6-7)cc5)cc4)cc32)cc1. The first-order valence-corrected chi connectivity index (χ1v) is 33.3. The predicted molar refractivity (Wildman–Crippen MR) is 406 cm³/mol. The van der Waals surface area contributed by atoms with Crippen molar-refractivity contribution in [3.63, 3.8) is 0 Å². The third-order valence-corrected chi connectivity index (χ3v) is 20.4. The molecule has 2 unspecified atom stereocenters. The fourth-order valence-electron chi connectivity index (χ4n) is 15.9. The van der Waals surface area contributed by atoms with E-state index in [-0.39, 0.29) is 0 Å². The third-order valence-electron chi connectivity index (χ3n) is 20.4. The molecule has 458 valence electrons.